The van der Waals surface area contributed by atoms with Gasteiger partial charge < -0.3 is 15.8 Å². The summed E-state index contributed by atoms with van der Waals surface area (Å²) in [7, 11) is 1.71. The van der Waals surface area contributed by atoms with Crippen molar-refractivity contribution in [3.05, 3.63) is 75.8 Å². The van der Waals surface area contributed by atoms with Crippen LogP contribution in [0.2, 0.25) is 5.02 Å². The van der Waals surface area contributed by atoms with Gasteiger partial charge in [0.05, 0.1) is 11.9 Å². The van der Waals surface area contributed by atoms with Gasteiger partial charge in [0.1, 0.15) is 21.2 Å². The first-order chi connectivity index (χ1) is 18.6. The zero-order valence-corrected chi connectivity index (χ0v) is 22.1. The molecule has 4 aromatic heterocycles. The number of ether oxygens (including phenoxy) is 1. The van der Waals surface area contributed by atoms with Gasteiger partial charge in [0.25, 0.3) is 18.2 Å². The topological polar surface area (TPSA) is 130 Å². The maximum Gasteiger partial charge on any atom is 0.280 e. The van der Waals surface area contributed by atoms with Gasteiger partial charge >= 0.3 is 0 Å². The van der Waals surface area contributed by atoms with Crippen molar-refractivity contribution in [1.82, 2.24) is 24.5 Å². The van der Waals surface area contributed by atoms with Gasteiger partial charge in [-0.3, -0.25) is 14.3 Å². The molecule has 39 heavy (non-hydrogen) atoms. The number of nitrogens with one attached hydrogen (secondary N) is 1. The maximum atomic E-state index is 13.7. The molecule has 0 aliphatic rings. The summed E-state index contributed by atoms with van der Waals surface area (Å²) >= 11 is 6.78. The Morgan fingerprint density at radius 3 is 2.69 bits per heavy atom. The number of aromatic nitrogens is 5. The van der Waals surface area contributed by atoms with Crippen molar-refractivity contribution in [2.75, 3.05) is 5.32 Å². The van der Waals surface area contributed by atoms with Crippen LogP contribution in [0.5, 0.6) is 5.75 Å². The normalized spacial score (nSPS) is 11.3. The molecule has 0 bridgehead atoms. The fourth-order valence-electron chi connectivity index (χ4n) is 3.93. The minimum atomic E-state index is -2.86. The van der Waals surface area contributed by atoms with Crippen LogP contribution in [0.15, 0.2) is 48.8 Å². The highest BCUT2D eigenvalue weighted by molar-refractivity contribution is 7.21. The number of nitrogens with two attached hydrogens (primary N) is 1. The molecule has 4 heterocycles. The van der Waals surface area contributed by atoms with Crippen molar-refractivity contribution >= 4 is 50.7 Å². The molecule has 14 heteroatoms. The predicted molar refractivity (Wildman–Crippen MR) is 142 cm³/mol. The Bertz CT molecular complexity index is 1730. The van der Waals surface area contributed by atoms with Crippen LogP contribution >= 0.6 is 22.9 Å². The first-order valence-electron chi connectivity index (χ1n) is 11.4. The van der Waals surface area contributed by atoms with Crippen LogP contribution in [-0.2, 0) is 13.8 Å². The first kappa shape index (κ1) is 26.3. The Balaban J connectivity index is 1.51. The molecule has 5 rings (SSSR count). The van der Waals surface area contributed by atoms with E-state index in [0.29, 0.717) is 33.0 Å². The molecule has 0 saturated heterocycles. The summed E-state index contributed by atoms with van der Waals surface area (Å²) in [5, 5.41) is 11.9. The Kier molecular flexibility index (Phi) is 7.02. The molecule has 0 atom stereocenters. The molecule has 1 aromatic carbocycles. The molecule has 0 saturated carbocycles. The summed E-state index contributed by atoms with van der Waals surface area (Å²) in [4.78, 5) is 29.7. The minimum Gasteiger partial charge on any atom is -0.471 e. The van der Waals surface area contributed by atoms with Gasteiger partial charge in [-0.25, -0.2) is 18.4 Å². The maximum absolute atomic E-state index is 13.7. The summed E-state index contributed by atoms with van der Waals surface area (Å²) in [5.41, 5.74) is 6.77. The van der Waals surface area contributed by atoms with Crippen molar-refractivity contribution in [2.24, 2.45) is 12.8 Å². The van der Waals surface area contributed by atoms with Crippen LogP contribution in [0.3, 0.4) is 0 Å². The number of amides is 2. The Morgan fingerprint density at radius 2 is 2.03 bits per heavy atom. The van der Waals surface area contributed by atoms with E-state index >= 15 is 0 Å². The third kappa shape index (κ3) is 5.18. The minimum absolute atomic E-state index is 0.00625. The SMILES string of the molecule is Cc1c(-c2cc(C(F)F)nc3sc(C(N)=O)c(NC(=O)c4ccn(COc5cccc(Cl)c5)n4)c23)cnn1C. The number of aryl methyl sites for hydroxylation is 1. The van der Waals surface area contributed by atoms with E-state index in [1.807, 2.05) is 0 Å². The fourth-order valence-corrected chi connectivity index (χ4v) is 5.12. The predicted octanol–water partition coefficient (Wildman–Crippen LogP) is 5.18. The molecule has 0 aliphatic carbocycles. The highest BCUT2D eigenvalue weighted by Gasteiger charge is 2.26. The van der Waals surface area contributed by atoms with Crippen molar-refractivity contribution in [1.29, 1.82) is 0 Å². The number of carbonyl (C=O) groups excluding carboxylic acids is 2. The summed E-state index contributed by atoms with van der Waals surface area (Å²) in [6.07, 6.45) is 0.204. The quantitative estimate of drug-likeness (QED) is 0.264. The number of halogens is 3. The van der Waals surface area contributed by atoms with Crippen molar-refractivity contribution < 1.29 is 23.1 Å². The molecule has 0 radical (unpaired) electrons. The number of benzene rings is 1. The van der Waals surface area contributed by atoms with Crippen LogP contribution in [0, 0.1) is 6.92 Å². The molecule has 0 fully saturated rings. The number of anilines is 1. The van der Waals surface area contributed by atoms with Gasteiger partial charge in [-0.2, -0.15) is 10.2 Å². The number of fused-ring (bicyclic) bond motifs is 1. The van der Waals surface area contributed by atoms with E-state index in [1.54, 1.807) is 49.1 Å². The van der Waals surface area contributed by atoms with E-state index in [-0.39, 0.29) is 27.8 Å². The molecular weight excluding hydrogens is 552 g/mol. The Hall–Kier alpha value is -4.36. The second kappa shape index (κ2) is 10.4. The van der Waals surface area contributed by atoms with Crippen LogP contribution < -0.4 is 15.8 Å². The van der Waals surface area contributed by atoms with Crippen molar-refractivity contribution in [2.45, 2.75) is 20.1 Å². The average molecular weight is 572 g/mol. The summed E-state index contributed by atoms with van der Waals surface area (Å²) in [5.74, 6) is -0.972. The monoisotopic (exact) mass is 571 g/mol. The number of thiophene rings is 1. The molecule has 5 aromatic rings. The van der Waals surface area contributed by atoms with Gasteiger partial charge in [0, 0.05) is 34.9 Å². The molecule has 0 unspecified atom stereocenters. The highest BCUT2D eigenvalue weighted by atomic mass is 35.5. The number of alkyl halides is 2. The lowest BCUT2D eigenvalue weighted by Crippen LogP contribution is -2.18. The summed E-state index contributed by atoms with van der Waals surface area (Å²) in [6.45, 7) is 1.78. The number of carbonyl (C=O) groups is 2. The Labute approximate surface area is 229 Å². The summed E-state index contributed by atoms with van der Waals surface area (Å²) in [6, 6.07) is 9.51. The molecule has 200 valence electrons. The zero-order valence-electron chi connectivity index (χ0n) is 20.5. The van der Waals surface area contributed by atoms with E-state index in [9.17, 15) is 18.4 Å². The molecular formula is C25H20ClF2N7O3S. The zero-order chi connectivity index (χ0) is 27.8. The number of rotatable bonds is 8. The molecule has 0 spiro atoms. The second-order valence-corrected chi connectivity index (χ2v) is 9.87. The Morgan fingerprint density at radius 1 is 1.23 bits per heavy atom. The number of primary amides is 1. The summed E-state index contributed by atoms with van der Waals surface area (Å²) < 4.78 is 36.1. The average Bonchev–Trinajstić information content (AvgIpc) is 3.60. The molecule has 10 nitrogen and oxygen atoms in total. The van der Waals surface area contributed by atoms with E-state index in [2.05, 4.69) is 20.5 Å². The van der Waals surface area contributed by atoms with Crippen molar-refractivity contribution in [3.63, 3.8) is 0 Å². The van der Waals surface area contributed by atoms with E-state index in [4.69, 9.17) is 22.1 Å². The van der Waals surface area contributed by atoms with Crippen LogP contribution in [0.25, 0.3) is 21.3 Å². The fraction of sp³-hybridized carbons (Fsp3) is 0.160. The van der Waals surface area contributed by atoms with E-state index in [0.717, 1.165) is 11.3 Å². The van der Waals surface area contributed by atoms with E-state index in [1.165, 1.54) is 23.0 Å². The van der Waals surface area contributed by atoms with Gasteiger partial charge in [0.2, 0.25) is 0 Å². The van der Waals surface area contributed by atoms with Crippen LogP contribution in [0.1, 0.15) is 38.0 Å². The smallest absolute Gasteiger partial charge is 0.280 e. The van der Waals surface area contributed by atoms with Crippen LogP contribution in [0.4, 0.5) is 14.5 Å². The van der Waals surface area contributed by atoms with Gasteiger partial charge in [-0.05, 0) is 42.8 Å². The molecule has 3 N–H and O–H groups in total. The molecule has 2 amide bonds. The largest absolute Gasteiger partial charge is 0.471 e. The lowest BCUT2D eigenvalue weighted by molar-refractivity contribution is 0.100. The number of nitrogens with zero attached hydrogens (tertiary/aromatic N) is 5. The number of hydrogen-bond acceptors (Lipinski definition) is 7. The standard InChI is InChI=1S/C25H20ClF2N7O3S/c1-12-16(10-30-34(12)2)15-9-18(22(27)28)31-25-19(15)20(21(39-25)23(29)36)32-24(37)17-6-7-35(33-17)11-38-14-5-3-4-13(26)8-14/h3-10,22H,11H2,1-2H3,(H2,29,36)(H,32,37). The highest BCUT2D eigenvalue weighted by Crippen LogP contribution is 2.43. The first-order valence-corrected chi connectivity index (χ1v) is 12.6. The second-order valence-electron chi connectivity index (χ2n) is 8.44. The lowest BCUT2D eigenvalue weighted by atomic mass is 10.0. The third-order valence-corrected chi connectivity index (χ3v) is 7.26. The molecule has 0 aliphatic heterocycles. The third-order valence-electron chi connectivity index (χ3n) is 5.93. The number of hydrogen-bond donors (Lipinski definition) is 2. The van der Waals surface area contributed by atoms with Gasteiger partial charge in [0.15, 0.2) is 12.4 Å². The van der Waals surface area contributed by atoms with Gasteiger partial charge in [-0.15, -0.1) is 11.3 Å². The van der Waals surface area contributed by atoms with Crippen molar-refractivity contribution in [3.8, 4) is 16.9 Å². The van der Waals surface area contributed by atoms with Crippen LogP contribution in [-0.4, -0.2) is 36.4 Å². The van der Waals surface area contributed by atoms with E-state index < -0.39 is 23.9 Å². The number of pyridine rings is 1. The lowest BCUT2D eigenvalue weighted by Gasteiger charge is -2.10. The van der Waals surface area contributed by atoms with Gasteiger partial charge in [-0.1, -0.05) is 17.7 Å².